The summed E-state index contributed by atoms with van der Waals surface area (Å²) in [4.78, 5) is 23.8. The van der Waals surface area contributed by atoms with Gasteiger partial charge in [0.05, 0.1) is 7.11 Å². The van der Waals surface area contributed by atoms with Crippen LogP contribution >= 0.6 is 0 Å². The number of methoxy groups -OCH3 is 1. The fraction of sp³-hybridized carbons (Fsp3) is 0.385. The smallest absolute Gasteiger partial charge is 0.333 e. The molecule has 1 aromatic carbocycles. The minimum atomic E-state index is -0.777. The lowest BCUT2D eigenvalue weighted by molar-refractivity contribution is -0.145. The molecule has 1 amide bonds. The minimum absolute atomic E-state index is 0.218. The zero-order valence-electron chi connectivity index (χ0n) is 10.7. The second-order valence-corrected chi connectivity index (χ2v) is 4.29. The topological polar surface area (TPSA) is 79.5 Å². The van der Waals surface area contributed by atoms with Crippen molar-refractivity contribution in [2.24, 2.45) is 0 Å². The molecule has 1 aliphatic heterocycles. The summed E-state index contributed by atoms with van der Waals surface area (Å²) >= 11 is 0. The molecule has 19 heavy (non-hydrogen) atoms. The van der Waals surface area contributed by atoms with E-state index in [9.17, 15) is 9.59 Å². The van der Waals surface area contributed by atoms with Gasteiger partial charge in [0, 0.05) is 6.54 Å². The molecule has 3 N–H and O–H groups in total. The van der Waals surface area contributed by atoms with Gasteiger partial charge in [-0.1, -0.05) is 30.3 Å². The molecular formula is C13H17N3O3. The number of nitrogens with one attached hydrogen (secondary N) is 3. The van der Waals surface area contributed by atoms with Crippen molar-refractivity contribution >= 4 is 11.9 Å². The third-order valence-corrected chi connectivity index (χ3v) is 3.01. The number of hydrogen-bond acceptors (Lipinski definition) is 5. The molecule has 6 nitrogen and oxygen atoms in total. The molecule has 2 rings (SSSR count). The maximum Gasteiger partial charge on any atom is 0.333 e. The predicted molar refractivity (Wildman–Crippen MR) is 68.9 cm³/mol. The Kier molecular flexibility index (Phi) is 4.48. The fourth-order valence-electron chi connectivity index (χ4n) is 1.97. The maximum atomic E-state index is 12.0. The van der Waals surface area contributed by atoms with Crippen molar-refractivity contribution in [2.45, 2.75) is 18.5 Å². The Labute approximate surface area is 111 Å². The summed E-state index contributed by atoms with van der Waals surface area (Å²) in [5.74, 6) is -0.699. The van der Waals surface area contributed by atoms with Gasteiger partial charge >= 0.3 is 5.97 Å². The normalized spacial score (nSPS) is 19.7. The Hall–Kier alpha value is -1.92. The van der Waals surface area contributed by atoms with Gasteiger partial charge in [-0.3, -0.25) is 10.2 Å². The average molecular weight is 263 g/mol. The Morgan fingerprint density at radius 1 is 1.37 bits per heavy atom. The Bertz CT molecular complexity index is 444. The second kappa shape index (κ2) is 6.31. The average Bonchev–Trinajstić information content (AvgIpc) is 2.99. The highest BCUT2D eigenvalue weighted by molar-refractivity contribution is 5.88. The minimum Gasteiger partial charge on any atom is -0.467 e. The van der Waals surface area contributed by atoms with Crippen LogP contribution in [0.15, 0.2) is 30.3 Å². The fourth-order valence-corrected chi connectivity index (χ4v) is 1.97. The molecule has 1 heterocycles. The first-order valence-corrected chi connectivity index (χ1v) is 6.14. The van der Waals surface area contributed by atoms with Crippen LogP contribution in [0.5, 0.6) is 0 Å². The number of carbonyl (C=O) groups is 2. The molecule has 0 bridgehead atoms. The lowest BCUT2D eigenvalue weighted by atomic mass is 10.1. The SMILES string of the molecule is COC(=O)C(NC(=O)C1CCNN1)c1ccccc1. The summed E-state index contributed by atoms with van der Waals surface area (Å²) in [7, 11) is 1.31. The molecule has 1 saturated heterocycles. The van der Waals surface area contributed by atoms with Crippen molar-refractivity contribution in [1.29, 1.82) is 0 Å². The van der Waals surface area contributed by atoms with Crippen LogP contribution in [0.3, 0.4) is 0 Å². The number of hydrazine groups is 1. The number of hydrogen-bond donors (Lipinski definition) is 3. The van der Waals surface area contributed by atoms with E-state index in [2.05, 4.69) is 16.2 Å². The molecule has 0 aliphatic carbocycles. The largest absolute Gasteiger partial charge is 0.467 e. The molecule has 102 valence electrons. The first kappa shape index (κ1) is 13.5. The highest BCUT2D eigenvalue weighted by Crippen LogP contribution is 2.14. The molecule has 2 unspecified atom stereocenters. The van der Waals surface area contributed by atoms with Crippen molar-refractivity contribution in [3.05, 3.63) is 35.9 Å². The zero-order valence-corrected chi connectivity index (χ0v) is 10.7. The van der Waals surface area contributed by atoms with Crippen LogP contribution in [0.25, 0.3) is 0 Å². The summed E-state index contributed by atoms with van der Waals surface area (Å²) in [6.45, 7) is 0.728. The zero-order chi connectivity index (χ0) is 13.7. The summed E-state index contributed by atoms with van der Waals surface area (Å²) < 4.78 is 4.74. The van der Waals surface area contributed by atoms with Gasteiger partial charge in [0.15, 0.2) is 6.04 Å². The lowest BCUT2D eigenvalue weighted by Gasteiger charge is -2.19. The van der Waals surface area contributed by atoms with E-state index in [4.69, 9.17) is 4.74 Å². The summed E-state index contributed by atoms with van der Waals surface area (Å²) in [6.07, 6.45) is 0.689. The van der Waals surface area contributed by atoms with Gasteiger partial charge < -0.3 is 10.1 Å². The van der Waals surface area contributed by atoms with Gasteiger partial charge in [0.2, 0.25) is 5.91 Å². The number of amides is 1. The first-order chi connectivity index (χ1) is 9.22. The molecule has 1 fully saturated rings. The molecule has 0 aromatic heterocycles. The van der Waals surface area contributed by atoms with E-state index in [1.54, 1.807) is 12.1 Å². The molecule has 0 saturated carbocycles. The van der Waals surface area contributed by atoms with E-state index < -0.39 is 12.0 Å². The molecule has 0 spiro atoms. The van der Waals surface area contributed by atoms with Gasteiger partial charge in [-0.2, -0.15) is 0 Å². The number of benzene rings is 1. The summed E-state index contributed by atoms with van der Waals surface area (Å²) in [5.41, 5.74) is 6.44. The van der Waals surface area contributed by atoms with Crippen LogP contribution in [0.2, 0.25) is 0 Å². The van der Waals surface area contributed by atoms with Gasteiger partial charge in [0.25, 0.3) is 0 Å². The number of carbonyl (C=O) groups excluding carboxylic acids is 2. The Morgan fingerprint density at radius 2 is 2.11 bits per heavy atom. The monoisotopic (exact) mass is 263 g/mol. The standard InChI is InChI=1S/C13H17N3O3/c1-19-13(18)11(9-5-3-2-4-6-9)15-12(17)10-7-8-14-16-10/h2-6,10-11,14,16H,7-8H2,1H3,(H,15,17). The molecule has 6 heteroatoms. The third-order valence-electron chi connectivity index (χ3n) is 3.01. The van der Waals surface area contributed by atoms with Crippen LogP contribution in [0.4, 0.5) is 0 Å². The molecule has 1 aromatic rings. The van der Waals surface area contributed by atoms with Crippen LogP contribution < -0.4 is 16.2 Å². The summed E-state index contributed by atoms with van der Waals surface area (Å²) in [5, 5.41) is 2.71. The Balaban J connectivity index is 2.10. The van der Waals surface area contributed by atoms with E-state index in [1.165, 1.54) is 7.11 Å². The van der Waals surface area contributed by atoms with E-state index in [0.29, 0.717) is 12.0 Å². The molecule has 2 atom stereocenters. The lowest BCUT2D eigenvalue weighted by Crippen LogP contribution is -2.46. The predicted octanol–water partition coefficient (Wildman–Crippen LogP) is -0.117. The first-order valence-electron chi connectivity index (χ1n) is 6.14. The molecule has 1 aliphatic rings. The van der Waals surface area contributed by atoms with Crippen molar-refractivity contribution in [3.8, 4) is 0 Å². The van der Waals surface area contributed by atoms with Gasteiger partial charge in [-0.25, -0.2) is 10.2 Å². The van der Waals surface area contributed by atoms with Crippen LogP contribution in [-0.2, 0) is 14.3 Å². The second-order valence-electron chi connectivity index (χ2n) is 4.29. The molecular weight excluding hydrogens is 246 g/mol. The van der Waals surface area contributed by atoms with Crippen LogP contribution in [0.1, 0.15) is 18.0 Å². The van der Waals surface area contributed by atoms with Crippen molar-refractivity contribution in [2.75, 3.05) is 13.7 Å². The van der Waals surface area contributed by atoms with E-state index >= 15 is 0 Å². The molecule has 0 radical (unpaired) electrons. The van der Waals surface area contributed by atoms with Crippen molar-refractivity contribution in [3.63, 3.8) is 0 Å². The third kappa shape index (κ3) is 3.30. The highest BCUT2D eigenvalue weighted by atomic mass is 16.5. The Morgan fingerprint density at radius 3 is 2.68 bits per heavy atom. The highest BCUT2D eigenvalue weighted by Gasteiger charge is 2.28. The van der Waals surface area contributed by atoms with Crippen molar-refractivity contribution in [1.82, 2.24) is 16.2 Å². The number of rotatable bonds is 4. The quantitative estimate of drug-likeness (QED) is 0.660. The van der Waals surface area contributed by atoms with E-state index in [1.807, 2.05) is 18.2 Å². The van der Waals surface area contributed by atoms with Gasteiger partial charge in [0.1, 0.15) is 6.04 Å². The number of ether oxygens (including phenoxy) is 1. The van der Waals surface area contributed by atoms with E-state index in [-0.39, 0.29) is 11.9 Å². The number of esters is 1. The van der Waals surface area contributed by atoms with Gasteiger partial charge in [-0.15, -0.1) is 0 Å². The van der Waals surface area contributed by atoms with Crippen LogP contribution in [0, 0.1) is 0 Å². The van der Waals surface area contributed by atoms with Crippen LogP contribution in [-0.4, -0.2) is 31.6 Å². The summed E-state index contributed by atoms with van der Waals surface area (Å²) in [6, 6.07) is 7.93. The van der Waals surface area contributed by atoms with Crippen molar-refractivity contribution < 1.29 is 14.3 Å². The maximum absolute atomic E-state index is 12.0. The van der Waals surface area contributed by atoms with E-state index in [0.717, 1.165) is 6.54 Å². The van der Waals surface area contributed by atoms with Gasteiger partial charge in [-0.05, 0) is 12.0 Å².